The third kappa shape index (κ3) is 4.73. The predicted octanol–water partition coefficient (Wildman–Crippen LogP) is 5.68. The van der Waals surface area contributed by atoms with Crippen molar-refractivity contribution < 1.29 is 4.74 Å². The first-order chi connectivity index (χ1) is 10.5. The van der Waals surface area contributed by atoms with Gasteiger partial charge in [-0.1, -0.05) is 43.4 Å². The zero-order valence-electron chi connectivity index (χ0n) is 14.4. The van der Waals surface area contributed by atoms with E-state index in [2.05, 4.69) is 62.7 Å². The van der Waals surface area contributed by atoms with Crippen LogP contribution in [-0.2, 0) is 4.74 Å². The highest BCUT2D eigenvalue weighted by Crippen LogP contribution is 2.29. The van der Waals surface area contributed by atoms with E-state index in [0.29, 0.717) is 5.76 Å². The first kappa shape index (κ1) is 18.0. The highest BCUT2D eigenvalue weighted by molar-refractivity contribution is 5.59. The Morgan fingerprint density at radius 2 is 2.14 bits per heavy atom. The fourth-order valence-electron chi connectivity index (χ4n) is 2.28. The van der Waals surface area contributed by atoms with Crippen molar-refractivity contribution in [3.63, 3.8) is 0 Å². The molecule has 0 aromatic rings. The van der Waals surface area contributed by atoms with Crippen LogP contribution in [0.3, 0.4) is 0 Å². The van der Waals surface area contributed by atoms with Gasteiger partial charge in [-0.15, -0.1) is 0 Å². The minimum Gasteiger partial charge on any atom is -0.495 e. The smallest absolute Gasteiger partial charge is 0.137 e. The number of hydrogen-bond donors (Lipinski definition) is 0. The molecule has 1 aliphatic rings. The van der Waals surface area contributed by atoms with Gasteiger partial charge in [0.25, 0.3) is 0 Å². The number of hydrogen-bond acceptors (Lipinski definition) is 2. The lowest BCUT2D eigenvalue weighted by molar-refractivity contribution is 0.302. The standard InChI is InChI=1S/C20H27NO/c1-7-15(3)19(14-20(21-8-2)17(5)22-6)18-13-11-9-10-12-16(18)4/h8-12,14H,5,7,13H2,1-4,6H3/b19-15-,20-14-,21-8-. The van der Waals surface area contributed by atoms with Crippen molar-refractivity contribution >= 4 is 6.21 Å². The molecule has 2 nitrogen and oxygen atoms in total. The molecule has 0 saturated carbocycles. The van der Waals surface area contributed by atoms with E-state index in [1.807, 2.05) is 6.92 Å². The van der Waals surface area contributed by atoms with Crippen molar-refractivity contribution in [2.75, 3.05) is 7.11 Å². The van der Waals surface area contributed by atoms with Crippen LogP contribution in [0, 0.1) is 0 Å². The highest BCUT2D eigenvalue weighted by Gasteiger charge is 2.11. The zero-order chi connectivity index (χ0) is 16.5. The van der Waals surface area contributed by atoms with Crippen molar-refractivity contribution in [2.24, 2.45) is 4.99 Å². The molecule has 0 heterocycles. The van der Waals surface area contributed by atoms with Crippen LogP contribution in [0.15, 0.2) is 75.7 Å². The van der Waals surface area contributed by atoms with Gasteiger partial charge in [-0.25, -0.2) is 0 Å². The summed E-state index contributed by atoms with van der Waals surface area (Å²) in [5, 5.41) is 0. The van der Waals surface area contributed by atoms with Crippen LogP contribution in [0.2, 0.25) is 0 Å². The van der Waals surface area contributed by atoms with Gasteiger partial charge in [-0.3, -0.25) is 4.99 Å². The molecule has 0 unspecified atom stereocenters. The van der Waals surface area contributed by atoms with Crippen LogP contribution >= 0.6 is 0 Å². The third-order valence-corrected chi connectivity index (χ3v) is 3.79. The lowest BCUT2D eigenvalue weighted by atomic mass is 9.92. The summed E-state index contributed by atoms with van der Waals surface area (Å²) in [5.41, 5.74) is 5.95. The Bertz CT molecular complexity index is 595. The minimum absolute atomic E-state index is 0.581. The number of methoxy groups -OCH3 is 1. The Morgan fingerprint density at radius 1 is 1.41 bits per heavy atom. The molecule has 0 aliphatic heterocycles. The van der Waals surface area contributed by atoms with Crippen molar-refractivity contribution in [2.45, 2.75) is 40.5 Å². The number of rotatable bonds is 6. The van der Waals surface area contributed by atoms with Crippen molar-refractivity contribution in [1.29, 1.82) is 0 Å². The van der Waals surface area contributed by atoms with E-state index in [1.165, 1.54) is 22.3 Å². The van der Waals surface area contributed by atoms with Gasteiger partial charge in [0.2, 0.25) is 0 Å². The average molecular weight is 297 g/mol. The lowest BCUT2D eigenvalue weighted by Crippen LogP contribution is -1.97. The fourth-order valence-corrected chi connectivity index (χ4v) is 2.28. The Labute approximate surface area is 135 Å². The Morgan fingerprint density at radius 3 is 2.73 bits per heavy atom. The number of ether oxygens (including phenoxy) is 1. The molecular weight excluding hydrogens is 270 g/mol. The first-order valence-electron chi connectivity index (χ1n) is 7.71. The second kappa shape index (κ2) is 9.04. The lowest BCUT2D eigenvalue weighted by Gasteiger charge is -2.15. The molecule has 0 spiro atoms. The van der Waals surface area contributed by atoms with Gasteiger partial charge >= 0.3 is 0 Å². The summed E-state index contributed by atoms with van der Waals surface area (Å²) in [7, 11) is 1.62. The maximum Gasteiger partial charge on any atom is 0.137 e. The molecule has 0 atom stereocenters. The second-order valence-corrected chi connectivity index (χ2v) is 5.24. The summed E-state index contributed by atoms with van der Waals surface area (Å²) in [6, 6.07) is 0. The summed E-state index contributed by atoms with van der Waals surface area (Å²) < 4.78 is 5.27. The molecule has 1 rings (SSSR count). The first-order valence-corrected chi connectivity index (χ1v) is 7.71. The van der Waals surface area contributed by atoms with Gasteiger partial charge < -0.3 is 4.74 Å². The minimum atomic E-state index is 0.581. The van der Waals surface area contributed by atoms with Crippen LogP contribution in [0.4, 0.5) is 0 Å². The van der Waals surface area contributed by atoms with Crippen LogP contribution in [-0.4, -0.2) is 13.3 Å². The SMILES string of the molecule is C=C(OC)C(=C/C(C1=C(C)C=CC=CC1)=C(\C)CC)/N=C\C. The van der Waals surface area contributed by atoms with Crippen LogP contribution < -0.4 is 0 Å². The van der Waals surface area contributed by atoms with E-state index in [9.17, 15) is 0 Å². The van der Waals surface area contributed by atoms with Gasteiger partial charge in [-0.2, -0.15) is 0 Å². The molecule has 0 aromatic carbocycles. The third-order valence-electron chi connectivity index (χ3n) is 3.79. The zero-order valence-corrected chi connectivity index (χ0v) is 14.4. The van der Waals surface area contributed by atoms with Gasteiger partial charge in [-0.05, 0) is 56.4 Å². The topological polar surface area (TPSA) is 21.6 Å². The van der Waals surface area contributed by atoms with Gasteiger partial charge in [0.05, 0.1) is 7.11 Å². The molecule has 0 aromatic heterocycles. The number of allylic oxidation sites excluding steroid dienone is 9. The molecule has 22 heavy (non-hydrogen) atoms. The van der Waals surface area contributed by atoms with Crippen molar-refractivity contribution in [3.8, 4) is 0 Å². The molecule has 0 radical (unpaired) electrons. The maximum absolute atomic E-state index is 5.27. The van der Waals surface area contributed by atoms with Gasteiger partial charge in [0.1, 0.15) is 11.5 Å². The largest absolute Gasteiger partial charge is 0.495 e. The maximum atomic E-state index is 5.27. The summed E-state index contributed by atoms with van der Waals surface area (Å²) in [4.78, 5) is 4.41. The Balaban J connectivity index is 3.46. The van der Waals surface area contributed by atoms with Crippen LogP contribution in [0.5, 0.6) is 0 Å². The summed E-state index contributed by atoms with van der Waals surface area (Å²) >= 11 is 0. The predicted molar refractivity (Wildman–Crippen MR) is 97.0 cm³/mol. The van der Waals surface area contributed by atoms with Gasteiger partial charge in [0.15, 0.2) is 0 Å². The second-order valence-electron chi connectivity index (χ2n) is 5.24. The summed E-state index contributed by atoms with van der Waals surface area (Å²) in [6.07, 6.45) is 14.3. The molecule has 0 N–H and O–H groups in total. The van der Waals surface area contributed by atoms with E-state index >= 15 is 0 Å². The van der Waals surface area contributed by atoms with Crippen molar-refractivity contribution in [3.05, 3.63) is 70.7 Å². The molecule has 2 heteroatoms. The van der Waals surface area contributed by atoms with E-state index < -0.39 is 0 Å². The van der Waals surface area contributed by atoms with E-state index in [4.69, 9.17) is 4.74 Å². The highest BCUT2D eigenvalue weighted by atomic mass is 16.5. The van der Waals surface area contributed by atoms with E-state index in [0.717, 1.165) is 18.5 Å². The van der Waals surface area contributed by atoms with Crippen LogP contribution in [0.25, 0.3) is 0 Å². The number of nitrogens with zero attached hydrogens (tertiary/aromatic N) is 1. The molecule has 118 valence electrons. The van der Waals surface area contributed by atoms with Crippen LogP contribution in [0.1, 0.15) is 40.5 Å². The average Bonchev–Trinajstić information content (AvgIpc) is 2.74. The summed E-state index contributed by atoms with van der Waals surface area (Å²) in [6.45, 7) is 12.3. The van der Waals surface area contributed by atoms with Gasteiger partial charge in [0, 0.05) is 6.21 Å². The molecule has 0 bridgehead atoms. The fraction of sp³-hybridized carbons (Fsp3) is 0.350. The van der Waals surface area contributed by atoms with E-state index in [-0.39, 0.29) is 0 Å². The Hall–Kier alpha value is -2.09. The Kier molecular flexibility index (Phi) is 7.38. The summed E-state index contributed by atoms with van der Waals surface area (Å²) in [5.74, 6) is 0.581. The molecule has 0 saturated heterocycles. The quantitative estimate of drug-likeness (QED) is 0.351. The molecule has 0 fully saturated rings. The number of aliphatic imine (C=N–C) groups is 1. The molecular formula is C20H27NO. The normalized spacial score (nSPS) is 16.9. The van der Waals surface area contributed by atoms with Crippen molar-refractivity contribution in [1.82, 2.24) is 0 Å². The monoisotopic (exact) mass is 297 g/mol. The van der Waals surface area contributed by atoms with E-state index in [1.54, 1.807) is 13.3 Å². The molecule has 0 amide bonds. The molecule has 1 aliphatic carbocycles.